The Kier molecular flexibility index (Phi) is 4.67. The highest BCUT2D eigenvalue weighted by Gasteiger charge is 2.42. The van der Waals surface area contributed by atoms with E-state index < -0.39 is 10.0 Å². The van der Waals surface area contributed by atoms with Crippen molar-refractivity contribution in [3.05, 3.63) is 23.9 Å². The summed E-state index contributed by atoms with van der Waals surface area (Å²) in [6.45, 7) is 0.318. The van der Waals surface area contributed by atoms with Crippen LogP contribution in [-0.2, 0) is 16.6 Å². The minimum absolute atomic E-state index is 0.0235. The fourth-order valence-electron chi connectivity index (χ4n) is 2.65. The number of pyridine rings is 1. The van der Waals surface area contributed by atoms with Crippen LogP contribution in [0.4, 0.5) is 0 Å². The van der Waals surface area contributed by atoms with Crippen LogP contribution in [-0.4, -0.2) is 60.9 Å². The van der Waals surface area contributed by atoms with Crippen LogP contribution in [0.2, 0.25) is 0 Å². The molecule has 1 aromatic heterocycles. The zero-order chi connectivity index (χ0) is 15.7. The van der Waals surface area contributed by atoms with E-state index >= 15 is 0 Å². The van der Waals surface area contributed by atoms with Gasteiger partial charge in [0.1, 0.15) is 0 Å². The highest BCUT2D eigenvalue weighted by molar-refractivity contribution is 7.89. The summed E-state index contributed by atoms with van der Waals surface area (Å²) in [4.78, 5) is 6.07. The number of nitrogens with zero attached hydrogens (tertiary/aromatic N) is 3. The van der Waals surface area contributed by atoms with E-state index in [9.17, 15) is 8.42 Å². The molecule has 2 rings (SSSR count). The van der Waals surface area contributed by atoms with Gasteiger partial charge in [-0.15, -0.1) is 0 Å². The van der Waals surface area contributed by atoms with Gasteiger partial charge in [-0.25, -0.2) is 13.4 Å². The summed E-state index contributed by atoms with van der Waals surface area (Å²) in [5.41, 5.74) is 0.535. The van der Waals surface area contributed by atoms with Gasteiger partial charge < -0.3 is 10.0 Å². The van der Waals surface area contributed by atoms with E-state index in [-0.39, 0.29) is 17.2 Å². The zero-order valence-corrected chi connectivity index (χ0v) is 13.6. The molecule has 1 aliphatic rings. The molecule has 1 N–H and O–H groups in total. The molecule has 21 heavy (non-hydrogen) atoms. The largest absolute Gasteiger partial charge is 0.392 e. The van der Waals surface area contributed by atoms with Gasteiger partial charge in [0.25, 0.3) is 10.0 Å². The van der Waals surface area contributed by atoms with E-state index in [1.165, 1.54) is 16.6 Å². The first-order valence-corrected chi connectivity index (χ1v) is 8.45. The Bertz CT molecular complexity index is 580. The van der Waals surface area contributed by atoms with Crippen molar-refractivity contribution < 1.29 is 13.5 Å². The lowest BCUT2D eigenvalue weighted by Crippen LogP contribution is -2.57. The average molecular weight is 313 g/mol. The quantitative estimate of drug-likeness (QED) is 0.836. The number of hydrogen-bond acceptors (Lipinski definition) is 5. The summed E-state index contributed by atoms with van der Waals surface area (Å²) in [6.07, 6.45) is 4.55. The summed E-state index contributed by atoms with van der Waals surface area (Å²) < 4.78 is 26.5. The van der Waals surface area contributed by atoms with Crippen molar-refractivity contribution >= 4 is 10.0 Å². The number of hydrogen-bond donors (Lipinski definition) is 1. The molecule has 0 aliphatic heterocycles. The molecule has 0 amide bonds. The van der Waals surface area contributed by atoms with Crippen molar-refractivity contribution in [1.82, 2.24) is 14.2 Å². The Morgan fingerprint density at radius 3 is 2.33 bits per heavy atom. The molecule has 0 atom stereocenters. The molecule has 0 aromatic carbocycles. The Morgan fingerprint density at radius 2 is 1.95 bits per heavy atom. The Hall–Kier alpha value is -1.02. The topological polar surface area (TPSA) is 73.7 Å². The van der Waals surface area contributed by atoms with Crippen molar-refractivity contribution in [2.75, 3.05) is 27.7 Å². The molecule has 0 unspecified atom stereocenters. The lowest BCUT2D eigenvalue weighted by molar-refractivity contribution is 0.0455. The van der Waals surface area contributed by atoms with Crippen LogP contribution in [0.3, 0.4) is 0 Å². The van der Waals surface area contributed by atoms with Crippen LogP contribution < -0.4 is 0 Å². The molecule has 1 aliphatic carbocycles. The van der Waals surface area contributed by atoms with Crippen molar-refractivity contribution in [2.45, 2.75) is 36.4 Å². The maximum atomic E-state index is 12.6. The number of sulfonamides is 1. The zero-order valence-electron chi connectivity index (χ0n) is 12.8. The SMILES string of the molecule is CN(C)C1(CN(C)S(=O)(=O)c2ccc(CO)cn2)CCC1. The fraction of sp³-hybridized carbons (Fsp3) is 0.643. The van der Waals surface area contributed by atoms with Gasteiger partial charge in [0, 0.05) is 25.3 Å². The second-order valence-electron chi connectivity index (χ2n) is 5.90. The van der Waals surface area contributed by atoms with Crippen molar-refractivity contribution in [1.29, 1.82) is 0 Å². The molecule has 1 aromatic rings. The highest BCUT2D eigenvalue weighted by Crippen LogP contribution is 2.37. The molecule has 6 nitrogen and oxygen atoms in total. The van der Waals surface area contributed by atoms with Crippen LogP contribution in [0.25, 0.3) is 0 Å². The van der Waals surface area contributed by atoms with E-state index in [1.807, 2.05) is 14.1 Å². The molecular formula is C14H23N3O3S. The normalized spacial score (nSPS) is 18.0. The number of aromatic nitrogens is 1. The van der Waals surface area contributed by atoms with Crippen molar-refractivity contribution in [2.24, 2.45) is 0 Å². The standard InChI is InChI=1S/C14H23N3O3S/c1-16(2)14(7-4-8-14)11-17(3)21(19,20)13-6-5-12(10-18)9-15-13/h5-6,9,18H,4,7-8,10-11H2,1-3H3. The average Bonchev–Trinajstić information content (AvgIpc) is 2.42. The smallest absolute Gasteiger partial charge is 0.260 e. The second-order valence-corrected chi connectivity index (χ2v) is 7.89. The molecule has 0 saturated heterocycles. The van der Waals surface area contributed by atoms with Crippen molar-refractivity contribution in [3.63, 3.8) is 0 Å². The predicted molar refractivity (Wildman–Crippen MR) is 80.2 cm³/mol. The number of aliphatic hydroxyl groups is 1. The van der Waals surface area contributed by atoms with E-state index in [1.54, 1.807) is 13.1 Å². The second kappa shape index (κ2) is 6.00. The van der Waals surface area contributed by atoms with Crippen molar-refractivity contribution in [3.8, 4) is 0 Å². The molecular weight excluding hydrogens is 290 g/mol. The van der Waals surface area contributed by atoms with Gasteiger partial charge >= 0.3 is 0 Å². The van der Waals surface area contributed by atoms with Crippen LogP contribution in [0.1, 0.15) is 24.8 Å². The van der Waals surface area contributed by atoms with Crippen LogP contribution in [0, 0.1) is 0 Å². The third-order valence-corrected chi connectivity index (χ3v) is 6.12. The number of rotatable bonds is 6. The predicted octanol–water partition coefficient (Wildman–Crippen LogP) is 0.679. The summed E-state index contributed by atoms with van der Waals surface area (Å²) in [5.74, 6) is 0. The van der Waals surface area contributed by atoms with Gasteiger partial charge in [0.15, 0.2) is 5.03 Å². The first kappa shape index (κ1) is 16.4. The molecule has 1 fully saturated rings. The fourth-order valence-corrected chi connectivity index (χ4v) is 3.80. The van der Waals surface area contributed by atoms with Crippen LogP contribution in [0.5, 0.6) is 0 Å². The first-order chi connectivity index (χ1) is 9.82. The highest BCUT2D eigenvalue weighted by atomic mass is 32.2. The Balaban J connectivity index is 2.18. The summed E-state index contributed by atoms with van der Waals surface area (Å²) in [7, 11) is 1.99. The van der Waals surface area contributed by atoms with Gasteiger partial charge in [-0.05, 0) is 45.0 Å². The molecule has 7 heteroatoms. The Labute approximate surface area is 126 Å². The molecule has 0 radical (unpaired) electrons. The minimum Gasteiger partial charge on any atom is -0.392 e. The maximum Gasteiger partial charge on any atom is 0.260 e. The molecule has 118 valence electrons. The van der Waals surface area contributed by atoms with Gasteiger partial charge in [-0.3, -0.25) is 0 Å². The lowest BCUT2D eigenvalue weighted by Gasteiger charge is -2.48. The lowest BCUT2D eigenvalue weighted by atomic mass is 9.75. The van der Waals surface area contributed by atoms with Gasteiger partial charge in [0.2, 0.25) is 0 Å². The van der Waals surface area contributed by atoms with Gasteiger partial charge in [-0.1, -0.05) is 6.07 Å². The van der Waals surface area contributed by atoms with Gasteiger partial charge in [0.05, 0.1) is 6.61 Å². The summed E-state index contributed by atoms with van der Waals surface area (Å²) >= 11 is 0. The maximum absolute atomic E-state index is 12.6. The van der Waals surface area contributed by atoms with Gasteiger partial charge in [-0.2, -0.15) is 4.31 Å². The summed E-state index contributed by atoms with van der Waals surface area (Å²) in [5, 5.41) is 9.01. The van der Waals surface area contributed by atoms with Crippen LogP contribution in [0.15, 0.2) is 23.4 Å². The van der Waals surface area contributed by atoms with Crippen LogP contribution >= 0.6 is 0 Å². The number of aliphatic hydroxyl groups excluding tert-OH is 1. The third-order valence-electron chi connectivity index (χ3n) is 4.40. The minimum atomic E-state index is -3.59. The number of likely N-dealkylation sites (N-methyl/N-ethyl adjacent to an activating group) is 2. The molecule has 1 heterocycles. The third kappa shape index (κ3) is 3.11. The molecule has 0 bridgehead atoms. The molecule has 0 spiro atoms. The van der Waals surface area contributed by atoms with E-state index in [2.05, 4.69) is 9.88 Å². The van der Waals surface area contributed by atoms with E-state index in [0.717, 1.165) is 19.3 Å². The van der Waals surface area contributed by atoms with E-state index in [4.69, 9.17) is 5.11 Å². The summed E-state index contributed by atoms with van der Waals surface area (Å²) in [6, 6.07) is 3.03. The molecule has 1 saturated carbocycles. The monoisotopic (exact) mass is 313 g/mol. The van der Waals surface area contributed by atoms with E-state index in [0.29, 0.717) is 12.1 Å². The first-order valence-electron chi connectivity index (χ1n) is 7.01. The Morgan fingerprint density at radius 1 is 1.29 bits per heavy atom.